The van der Waals surface area contributed by atoms with Crippen LogP contribution in [0, 0.1) is 5.92 Å². The Balaban J connectivity index is 1.34. The van der Waals surface area contributed by atoms with E-state index in [0.29, 0.717) is 17.9 Å². The van der Waals surface area contributed by atoms with Gasteiger partial charge in [-0.3, -0.25) is 14.6 Å². The Labute approximate surface area is 171 Å². The molecule has 0 spiro atoms. The van der Waals surface area contributed by atoms with E-state index in [1.807, 2.05) is 46.2 Å². The summed E-state index contributed by atoms with van der Waals surface area (Å²) in [6.45, 7) is 3.22. The molecule has 6 nitrogen and oxygen atoms in total. The highest BCUT2D eigenvalue weighted by Gasteiger charge is 2.28. The van der Waals surface area contributed by atoms with Crippen molar-refractivity contribution in [2.24, 2.45) is 5.92 Å². The van der Waals surface area contributed by atoms with Crippen LogP contribution in [-0.2, 0) is 4.79 Å². The molecule has 0 atom stereocenters. The molecule has 6 heteroatoms. The fourth-order valence-corrected chi connectivity index (χ4v) is 4.18. The van der Waals surface area contributed by atoms with E-state index in [1.165, 1.54) is 0 Å². The number of methoxy groups -OCH3 is 1. The Morgan fingerprint density at radius 3 is 2.66 bits per heavy atom. The van der Waals surface area contributed by atoms with Crippen molar-refractivity contribution in [1.29, 1.82) is 0 Å². The van der Waals surface area contributed by atoms with Gasteiger partial charge in [-0.25, -0.2) is 0 Å². The summed E-state index contributed by atoms with van der Waals surface area (Å²) in [4.78, 5) is 33.1. The van der Waals surface area contributed by atoms with E-state index < -0.39 is 0 Å². The van der Waals surface area contributed by atoms with Gasteiger partial charge in [0.25, 0.3) is 5.91 Å². The number of carbonyl (C=O) groups excluding carboxylic acids is 2. The molecule has 0 bridgehead atoms. The fraction of sp³-hybridized carbons (Fsp3) is 0.435. The van der Waals surface area contributed by atoms with Crippen molar-refractivity contribution in [3.05, 3.63) is 48.2 Å². The Bertz CT molecular complexity index is 873. The molecule has 2 aliphatic rings. The second-order valence-electron chi connectivity index (χ2n) is 7.84. The van der Waals surface area contributed by atoms with E-state index in [0.717, 1.165) is 62.4 Å². The number of pyridine rings is 1. The summed E-state index contributed by atoms with van der Waals surface area (Å²) >= 11 is 0. The third-order valence-corrected chi connectivity index (χ3v) is 5.93. The zero-order chi connectivity index (χ0) is 20.2. The molecule has 0 saturated carbocycles. The summed E-state index contributed by atoms with van der Waals surface area (Å²) in [7, 11) is 1.64. The SMILES string of the molecule is COc1cccc(-c2ccc(C(=O)N3CCC(CN4CCCC4=O)CC3)cn2)c1. The molecule has 29 heavy (non-hydrogen) atoms. The molecule has 2 amide bonds. The summed E-state index contributed by atoms with van der Waals surface area (Å²) in [5.74, 6) is 1.59. The van der Waals surface area contributed by atoms with E-state index in [-0.39, 0.29) is 11.8 Å². The highest BCUT2D eigenvalue weighted by Crippen LogP contribution is 2.24. The summed E-state index contributed by atoms with van der Waals surface area (Å²) in [5, 5.41) is 0. The summed E-state index contributed by atoms with van der Waals surface area (Å²) in [5.41, 5.74) is 2.39. The first kappa shape index (κ1) is 19.4. The van der Waals surface area contributed by atoms with Crippen LogP contribution in [0.15, 0.2) is 42.6 Å². The van der Waals surface area contributed by atoms with Crippen molar-refractivity contribution < 1.29 is 14.3 Å². The van der Waals surface area contributed by atoms with Gasteiger partial charge in [0.1, 0.15) is 5.75 Å². The van der Waals surface area contributed by atoms with Gasteiger partial charge in [0.15, 0.2) is 0 Å². The number of ether oxygens (including phenoxy) is 1. The molecule has 0 unspecified atom stereocenters. The molecule has 152 valence electrons. The maximum Gasteiger partial charge on any atom is 0.255 e. The molecular weight excluding hydrogens is 366 g/mol. The minimum absolute atomic E-state index is 0.0328. The van der Waals surface area contributed by atoms with Crippen LogP contribution in [0.4, 0.5) is 0 Å². The molecule has 1 aromatic heterocycles. The first-order chi connectivity index (χ1) is 14.1. The lowest BCUT2D eigenvalue weighted by Crippen LogP contribution is -2.41. The number of likely N-dealkylation sites (tertiary alicyclic amines) is 2. The predicted octanol–water partition coefficient (Wildman–Crippen LogP) is 3.23. The van der Waals surface area contributed by atoms with Gasteiger partial charge in [-0.2, -0.15) is 0 Å². The van der Waals surface area contributed by atoms with Crippen molar-refractivity contribution in [3.8, 4) is 17.0 Å². The lowest BCUT2D eigenvalue weighted by molar-refractivity contribution is -0.128. The van der Waals surface area contributed by atoms with Gasteiger partial charge in [-0.1, -0.05) is 12.1 Å². The minimum Gasteiger partial charge on any atom is -0.497 e. The summed E-state index contributed by atoms with van der Waals surface area (Å²) < 4.78 is 5.26. The third-order valence-electron chi connectivity index (χ3n) is 5.93. The van der Waals surface area contributed by atoms with Crippen molar-refractivity contribution in [1.82, 2.24) is 14.8 Å². The molecule has 2 aliphatic heterocycles. The van der Waals surface area contributed by atoms with Crippen LogP contribution in [0.3, 0.4) is 0 Å². The standard InChI is InChI=1S/C23H27N3O3/c1-29-20-5-2-4-18(14-20)21-8-7-19(15-24-21)23(28)25-12-9-17(10-13-25)16-26-11-3-6-22(26)27/h2,4-5,7-8,14-15,17H,3,6,9-13,16H2,1H3. The number of nitrogens with zero attached hydrogens (tertiary/aromatic N) is 3. The molecule has 0 radical (unpaired) electrons. The zero-order valence-electron chi connectivity index (χ0n) is 16.8. The molecule has 3 heterocycles. The minimum atomic E-state index is 0.0328. The molecule has 2 aromatic rings. The molecule has 1 aromatic carbocycles. The van der Waals surface area contributed by atoms with E-state index in [1.54, 1.807) is 13.3 Å². The van der Waals surface area contributed by atoms with Gasteiger partial charge in [0.2, 0.25) is 5.91 Å². The molecule has 0 N–H and O–H groups in total. The number of piperidine rings is 1. The number of benzene rings is 1. The molecular formula is C23H27N3O3. The fourth-order valence-electron chi connectivity index (χ4n) is 4.18. The van der Waals surface area contributed by atoms with E-state index in [4.69, 9.17) is 4.74 Å². The smallest absolute Gasteiger partial charge is 0.255 e. The van der Waals surface area contributed by atoms with Crippen LogP contribution < -0.4 is 4.74 Å². The molecule has 4 rings (SSSR count). The second kappa shape index (κ2) is 8.64. The lowest BCUT2D eigenvalue weighted by Gasteiger charge is -2.34. The van der Waals surface area contributed by atoms with E-state index in [9.17, 15) is 9.59 Å². The van der Waals surface area contributed by atoms with Gasteiger partial charge < -0.3 is 14.5 Å². The van der Waals surface area contributed by atoms with Crippen LogP contribution in [0.2, 0.25) is 0 Å². The number of carbonyl (C=O) groups is 2. The van der Waals surface area contributed by atoms with Crippen LogP contribution in [0.5, 0.6) is 5.75 Å². The van der Waals surface area contributed by atoms with Gasteiger partial charge in [-0.15, -0.1) is 0 Å². The van der Waals surface area contributed by atoms with Crippen molar-refractivity contribution in [2.45, 2.75) is 25.7 Å². The predicted molar refractivity (Wildman–Crippen MR) is 111 cm³/mol. The van der Waals surface area contributed by atoms with E-state index in [2.05, 4.69) is 4.98 Å². The van der Waals surface area contributed by atoms with Gasteiger partial charge in [0, 0.05) is 44.4 Å². The molecule has 0 aliphatic carbocycles. The largest absolute Gasteiger partial charge is 0.497 e. The van der Waals surface area contributed by atoms with Crippen molar-refractivity contribution >= 4 is 11.8 Å². The second-order valence-corrected chi connectivity index (χ2v) is 7.84. The number of hydrogen-bond acceptors (Lipinski definition) is 4. The maximum absolute atomic E-state index is 12.9. The van der Waals surface area contributed by atoms with Crippen molar-refractivity contribution in [3.63, 3.8) is 0 Å². The monoisotopic (exact) mass is 393 g/mol. The van der Waals surface area contributed by atoms with Gasteiger partial charge in [-0.05, 0) is 49.4 Å². The number of rotatable bonds is 5. The topological polar surface area (TPSA) is 62.7 Å². The first-order valence-electron chi connectivity index (χ1n) is 10.3. The lowest BCUT2D eigenvalue weighted by atomic mass is 9.95. The number of amides is 2. The number of aromatic nitrogens is 1. The van der Waals surface area contributed by atoms with Gasteiger partial charge in [0.05, 0.1) is 18.4 Å². The van der Waals surface area contributed by atoms with Crippen LogP contribution in [0.25, 0.3) is 11.3 Å². The quantitative estimate of drug-likeness (QED) is 0.782. The maximum atomic E-state index is 12.9. The molecule has 2 saturated heterocycles. The van der Waals surface area contributed by atoms with Crippen LogP contribution in [0.1, 0.15) is 36.0 Å². The summed E-state index contributed by atoms with van der Waals surface area (Å²) in [6, 6.07) is 11.5. The highest BCUT2D eigenvalue weighted by molar-refractivity contribution is 5.94. The van der Waals surface area contributed by atoms with Crippen LogP contribution >= 0.6 is 0 Å². The molecule has 2 fully saturated rings. The van der Waals surface area contributed by atoms with E-state index >= 15 is 0 Å². The average Bonchev–Trinajstić information content (AvgIpc) is 3.18. The Hall–Kier alpha value is -2.89. The number of hydrogen-bond donors (Lipinski definition) is 0. The Kier molecular flexibility index (Phi) is 5.79. The average molecular weight is 393 g/mol. The Morgan fingerprint density at radius 1 is 1.17 bits per heavy atom. The van der Waals surface area contributed by atoms with Crippen LogP contribution in [-0.4, -0.2) is 59.9 Å². The highest BCUT2D eigenvalue weighted by atomic mass is 16.5. The van der Waals surface area contributed by atoms with Crippen molar-refractivity contribution in [2.75, 3.05) is 33.3 Å². The third kappa shape index (κ3) is 4.42. The Morgan fingerprint density at radius 2 is 2.00 bits per heavy atom. The summed E-state index contributed by atoms with van der Waals surface area (Å²) in [6.07, 6.45) is 5.23. The van der Waals surface area contributed by atoms with Gasteiger partial charge >= 0.3 is 0 Å². The first-order valence-corrected chi connectivity index (χ1v) is 10.3. The normalized spacial score (nSPS) is 17.6. The zero-order valence-corrected chi connectivity index (χ0v) is 16.8.